The molecule has 4 aromatic heterocycles. The standard InChI is InChI=1S/C40H37F4N9O4/c1-56-33-18-25(40(42,43)44)21-46-38(33)50-14-16-51(17-15-50)39(55)32-20-29-28(30-22-45-31-8-4-3-7-26(31)37(30)57-2)19-27(35(41)36(29)48-32)24-6-5-11-52(23-24)34(54)9-12-53-13-10-47-49-53/h3-4,6-8,10,13,18-22,48H,5,9,11-12,14-17,23H2,1-2H3. The first-order valence-corrected chi connectivity index (χ1v) is 18.3. The summed E-state index contributed by atoms with van der Waals surface area (Å²) in [6, 6.07) is 11.8. The maximum atomic E-state index is 16.9. The number of fused-ring (bicyclic) bond motifs is 2. The van der Waals surface area contributed by atoms with Crippen LogP contribution in [0.15, 0.2) is 73.3 Å². The molecule has 1 N–H and O–H groups in total. The summed E-state index contributed by atoms with van der Waals surface area (Å²) in [6.07, 6.45) is 3.74. The van der Waals surface area contributed by atoms with Gasteiger partial charge < -0.3 is 29.2 Å². The first kappa shape index (κ1) is 37.4. The maximum Gasteiger partial charge on any atom is 0.418 e. The van der Waals surface area contributed by atoms with E-state index in [1.165, 1.54) is 7.11 Å². The van der Waals surface area contributed by atoms with Crippen LogP contribution in [0.1, 0.15) is 34.5 Å². The maximum absolute atomic E-state index is 16.9. The molecule has 2 aromatic carbocycles. The molecule has 0 atom stereocenters. The van der Waals surface area contributed by atoms with E-state index in [1.807, 2.05) is 30.3 Å². The van der Waals surface area contributed by atoms with Gasteiger partial charge in [-0.3, -0.25) is 19.3 Å². The molecule has 6 heterocycles. The Balaban J connectivity index is 1.12. The smallest absolute Gasteiger partial charge is 0.418 e. The number of hydrogen-bond donors (Lipinski definition) is 1. The van der Waals surface area contributed by atoms with Crippen molar-refractivity contribution in [2.75, 3.05) is 58.4 Å². The molecular formula is C40H37F4N9O4. The van der Waals surface area contributed by atoms with Crippen LogP contribution in [0.4, 0.5) is 23.4 Å². The number of rotatable bonds is 9. The third-order valence-electron chi connectivity index (χ3n) is 10.4. The van der Waals surface area contributed by atoms with Crippen molar-refractivity contribution in [1.29, 1.82) is 0 Å². The van der Waals surface area contributed by atoms with Crippen LogP contribution >= 0.6 is 0 Å². The van der Waals surface area contributed by atoms with Gasteiger partial charge in [-0.15, -0.1) is 5.10 Å². The zero-order valence-electron chi connectivity index (χ0n) is 31.0. The van der Waals surface area contributed by atoms with E-state index >= 15 is 4.39 Å². The van der Waals surface area contributed by atoms with Gasteiger partial charge in [0.05, 0.1) is 43.6 Å². The SMILES string of the molecule is COc1cc(C(F)(F)F)cnc1N1CCN(C(=O)c2cc3c(-c4cnc5ccccc5c4OC)cc(C4=CCCN(C(=O)CCn5ccnn5)C4)c(F)c3[nH]2)CC1. The molecule has 6 aromatic rings. The van der Waals surface area contributed by atoms with Crippen LogP contribution in [0.3, 0.4) is 0 Å². The first-order chi connectivity index (χ1) is 27.5. The fourth-order valence-corrected chi connectivity index (χ4v) is 7.50. The van der Waals surface area contributed by atoms with E-state index in [-0.39, 0.29) is 79.3 Å². The molecule has 2 amide bonds. The number of pyridine rings is 2. The van der Waals surface area contributed by atoms with E-state index in [2.05, 4.69) is 25.3 Å². The summed E-state index contributed by atoms with van der Waals surface area (Å²) in [5.41, 5.74) is 2.10. The number of piperazine rings is 1. The number of anilines is 1. The average Bonchev–Trinajstić information content (AvgIpc) is 3.93. The lowest BCUT2D eigenvalue weighted by molar-refractivity contribution is -0.138. The summed E-state index contributed by atoms with van der Waals surface area (Å²) in [5.74, 6) is -0.306. The fraction of sp³-hybridized carbons (Fsp3) is 0.300. The number of nitrogens with one attached hydrogen (secondary N) is 1. The number of para-hydroxylation sites is 1. The van der Waals surface area contributed by atoms with Crippen LogP contribution in [-0.4, -0.2) is 105 Å². The number of aromatic nitrogens is 6. The number of hydrogen-bond acceptors (Lipinski definition) is 9. The van der Waals surface area contributed by atoms with Gasteiger partial charge in [-0.1, -0.05) is 23.4 Å². The molecule has 1 fully saturated rings. The minimum absolute atomic E-state index is 0.0232. The van der Waals surface area contributed by atoms with Crippen LogP contribution in [-0.2, 0) is 17.5 Å². The molecule has 0 radical (unpaired) electrons. The van der Waals surface area contributed by atoms with Crippen molar-refractivity contribution in [2.45, 2.75) is 25.6 Å². The number of H-pyrrole nitrogens is 1. The third kappa shape index (κ3) is 7.20. The monoisotopic (exact) mass is 783 g/mol. The number of nitrogens with zero attached hydrogens (tertiary/aromatic N) is 8. The minimum atomic E-state index is -4.58. The summed E-state index contributed by atoms with van der Waals surface area (Å²) in [5, 5.41) is 8.91. The fourth-order valence-electron chi connectivity index (χ4n) is 7.50. The molecule has 0 aliphatic carbocycles. The van der Waals surface area contributed by atoms with Gasteiger partial charge in [0.15, 0.2) is 17.4 Å². The largest absolute Gasteiger partial charge is 0.495 e. The Kier molecular flexibility index (Phi) is 9.97. The predicted octanol–water partition coefficient (Wildman–Crippen LogP) is 6.21. The molecular weight excluding hydrogens is 746 g/mol. The Labute approximate surface area is 323 Å². The molecule has 57 heavy (non-hydrogen) atoms. The number of benzene rings is 2. The number of carbonyl (C=O) groups excluding carboxylic acids is 2. The van der Waals surface area contributed by atoms with Crippen molar-refractivity contribution in [3.05, 3.63) is 96.0 Å². The van der Waals surface area contributed by atoms with Gasteiger partial charge in [-0.25, -0.2) is 9.37 Å². The summed E-state index contributed by atoms with van der Waals surface area (Å²) >= 11 is 0. The normalized spacial score (nSPS) is 15.0. The molecule has 0 unspecified atom stereocenters. The number of aromatic amines is 1. The second kappa shape index (κ2) is 15.2. The van der Waals surface area contributed by atoms with Crippen molar-refractivity contribution < 1.29 is 36.6 Å². The number of carbonyl (C=O) groups is 2. The van der Waals surface area contributed by atoms with Crippen molar-refractivity contribution in [2.24, 2.45) is 0 Å². The predicted molar refractivity (Wildman–Crippen MR) is 203 cm³/mol. The highest BCUT2D eigenvalue weighted by Gasteiger charge is 2.34. The van der Waals surface area contributed by atoms with Crippen LogP contribution < -0.4 is 14.4 Å². The van der Waals surface area contributed by atoms with Gasteiger partial charge in [0, 0.05) is 86.2 Å². The zero-order valence-corrected chi connectivity index (χ0v) is 31.0. The highest BCUT2D eigenvalue weighted by Crippen LogP contribution is 2.42. The van der Waals surface area contributed by atoms with Gasteiger partial charge in [0.2, 0.25) is 5.91 Å². The molecule has 0 spiro atoms. The lowest BCUT2D eigenvalue weighted by atomic mass is 9.93. The number of amides is 2. The van der Waals surface area contributed by atoms with Gasteiger partial charge in [-0.05, 0) is 47.9 Å². The molecule has 2 aliphatic heterocycles. The van der Waals surface area contributed by atoms with Crippen molar-refractivity contribution in [1.82, 2.24) is 39.7 Å². The van der Waals surface area contributed by atoms with E-state index in [0.717, 1.165) is 17.6 Å². The zero-order chi connectivity index (χ0) is 39.8. The number of ether oxygens (including phenoxy) is 2. The van der Waals surface area contributed by atoms with Crippen LogP contribution in [0.2, 0.25) is 0 Å². The molecule has 8 rings (SSSR count). The van der Waals surface area contributed by atoms with Crippen molar-refractivity contribution in [3.63, 3.8) is 0 Å². The number of halogens is 4. The molecule has 13 nitrogen and oxygen atoms in total. The Morgan fingerprint density at radius 2 is 1.70 bits per heavy atom. The van der Waals surface area contributed by atoms with Crippen molar-refractivity contribution >= 4 is 45.0 Å². The van der Waals surface area contributed by atoms with Crippen molar-refractivity contribution in [3.8, 4) is 22.6 Å². The summed E-state index contributed by atoms with van der Waals surface area (Å²) in [4.78, 5) is 44.2. The number of methoxy groups -OCH3 is 2. The van der Waals surface area contributed by atoms with E-state index in [0.29, 0.717) is 52.9 Å². The average molecular weight is 784 g/mol. The van der Waals surface area contributed by atoms with Crippen LogP contribution in [0, 0.1) is 5.82 Å². The second-order valence-electron chi connectivity index (χ2n) is 13.8. The van der Waals surface area contributed by atoms with Gasteiger partial charge in [0.25, 0.3) is 5.91 Å². The Hall–Kier alpha value is -6.52. The quantitative estimate of drug-likeness (QED) is 0.170. The summed E-state index contributed by atoms with van der Waals surface area (Å²) in [7, 11) is 2.84. The topological polar surface area (TPSA) is 135 Å². The van der Waals surface area contributed by atoms with E-state index in [9.17, 15) is 22.8 Å². The number of aryl methyl sites for hydroxylation is 1. The van der Waals surface area contributed by atoms with E-state index in [1.54, 1.807) is 57.2 Å². The van der Waals surface area contributed by atoms with E-state index in [4.69, 9.17) is 9.47 Å². The second-order valence-corrected chi connectivity index (χ2v) is 13.8. The molecule has 0 saturated carbocycles. The summed E-state index contributed by atoms with van der Waals surface area (Å²) < 4.78 is 69.6. The lowest BCUT2D eigenvalue weighted by Crippen LogP contribution is -2.49. The molecule has 1 saturated heterocycles. The molecule has 0 bridgehead atoms. The van der Waals surface area contributed by atoms with Crippen LogP contribution in [0.25, 0.3) is 38.5 Å². The van der Waals surface area contributed by atoms with Gasteiger partial charge in [-0.2, -0.15) is 13.2 Å². The van der Waals surface area contributed by atoms with E-state index < -0.39 is 17.6 Å². The number of alkyl halides is 3. The van der Waals surface area contributed by atoms with Crippen LogP contribution in [0.5, 0.6) is 11.5 Å². The Morgan fingerprint density at radius 1 is 0.895 bits per heavy atom. The third-order valence-corrected chi connectivity index (χ3v) is 10.4. The van der Waals surface area contributed by atoms with Gasteiger partial charge >= 0.3 is 6.18 Å². The molecule has 294 valence electrons. The molecule has 2 aliphatic rings. The highest BCUT2D eigenvalue weighted by molar-refractivity contribution is 6.07. The lowest BCUT2D eigenvalue weighted by Gasteiger charge is -2.35. The highest BCUT2D eigenvalue weighted by atomic mass is 19.4. The minimum Gasteiger partial charge on any atom is -0.495 e. The Bertz CT molecular complexity index is 2510. The molecule has 17 heteroatoms. The van der Waals surface area contributed by atoms with Gasteiger partial charge in [0.1, 0.15) is 11.4 Å². The summed E-state index contributed by atoms with van der Waals surface area (Å²) in [6.45, 7) is 2.00. The first-order valence-electron chi connectivity index (χ1n) is 18.3. The Morgan fingerprint density at radius 3 is 2.44 bits per heavy atom.